The third kappa shape index (κ3) is 6.82. The molecule has 0 aliphatic carbocycles. The molecule has 1 atom stereocenters. The van der Waals surface area contributed by atoms with Gasteiger partial charge in [0.15, 0.2) is 6.29 Å². The van der Waals surface area contributed by atoms with Crippen molar-refractivity contribution in [3.05, 3.63) is 95.1 Å². The van der Waals surface area contributed by atoms with Crippen molar-refractivity contribution < 1.29 is 24.1 Å². The molecule has 1 fully saturated rings. The number of rotatable bonds is 8. The third-order valence-electron chi connectivity index (χ3n) is 7.93. The molecule has 0 saturated carbocycles. The van der Waals surface area contributed by atoms with E-state index in [0.717, 1.165) is 37.9 Å². The molecule has 0 amide bonds. The Labute approximate surface area is 252 Å². The highest BCUT2D eigenvalue weighted by molar-refractivity contribution is 6.23. The van der Waals surface area contributed by atoms with Gasteiger partial charge in [0, 0.05) is 24.2 Å². The first-order valence-electron chi connectivity index (χ1n) is 15.0. The molecule has 6 rings (SSSR count). The van der Waals surface area contributed by atoms with Gasteiger partial charge in [-0.15, -0.1) is 0 Å². The summed E-state index contributed by atoms with van der Waals surface area (Å²) >= 11 is 0. The predicted octanol–water partition coefficient (Wildman–Crippen LogP) is 6.89. The number of ether oxygens (including phenoxy) is 3. The number of aliphatic hydroxyl groups is 1. The Balaban J connectivity index is 1.06. The molecule has 1 unspecified atom stereocenters. The summed E-state index contributed by atoms with van der Waals surface area (Å²) in [6.45, 7) is 0.901. The van der Waals surface area contributed by atoms with E-state index >= 15 is 0 Å². The molecule has 1 aliphatic heterocycles. The molecular weight excluding hydrogens is 536 g/mol. The number of hydrogen-bond donors (Lipinski definition) is 1. The smallest absolute Gasteiger partial charge is 0.306 e. The van der Waals surface area contributed by atoms with E-state index in [-0.39, 0.29) is 32.1 Å². The van der Waals surface area contributed by atoms with Gasteiger partial charge in [-0.25, -0.2) is 0 Å². The van der Waals surface area contributed by atoms with E-state index in [9.17, 15) is 4.79 Å². The van der Waals surface area contributed by atoms with Gasteiger partial charge in [0.25, 0.3) is 0 Å². The number of carbonyl (C=O) groups is 1. The Morgan fingerprint density at radius 2 is 1.67 bits per heavy atom. The Kier molecular flexibility index (Phi) is 9.16. The van der Waals surface area contributed by atoms with Crippen LogP contribution in [0.3, 0.4) is 0 Å². The fourth-order valence-corrected chi connectivity index (χ4v) is 5.81. The SMILES string of the molecule is O=C(CCCc1ccc2ccc3cccc4ccc1c2c34)OCc1ccc(C#CCO)c(C#CCOC2CCCCO2)c1. The number of hydrogen-bond acceptors (Lipinski definition) is 5. The summed E-state index contributed by atoms with van der Waals surface area (Å²) in [6, 6.07) is 25.2. The summed E-state index contributed by atoms with van der Waals surface area (Å²) in [5.74, 6) is 11.6. The van der Waals surface area contributed by atoms with E-state index in [4.69, 9.17) is 19.3 Å². The lowest BCUT2D eigenvalue weighted by Crippen LogP contribution is -2.22. The minimum atomic E-state index is -0.233. The number of esters is 1. The van der Waals surface area contributed by atoms with E-state index in [1.54, 1.807) is 0 Å². The van der Waals surface area contributed by atoms with Gasteiger partial charge < -0.3 is 19.3 Å². The zero-order valence-electron chi connectivity index (χ0n) is 24.2. The van der Waals surface area contributed by atoms with Crippen molar-refractivity contribution in [3.8, 4) is 23.7 Å². The van der Waals surface area contributed by atoms with Gasteiger partial charge in [0.2, 0.25) is 0 Å². The first-order valence-corrected chi connectivity index (χ1v) is 15.0. The number of carbonyl (C=O) groups excluding carboxylic acids is 1. The Morgan fingerprint density at radius 1 is 0.884 bits per heavy atom. The molecule has 5 nitrogen and oxygen atoms in total. The molecule has 0 bridgehead atoms. The lowest BCUT2D eigenvalue weighted by Gasteiger charge is -2.21. The van der Waals surface area contributed by atoms with Gasteiger partial charge in [0.05, 0.1) is 0 Å². The van der Waals surface area contributed by atoms with Gasteiger partial charge in [-0.3, -0.25) is 4.79 Å². The van der Waals surface area contributed by atoms with Crippen LogP contribution in [-0.2, 0) is 32.0 Å². The van der Waals surface area contributed by atoms with E-state index in [1.165, 1.54) is 37.9 Å². The van der Waals surface area contributed by atoms with Crippen LogP contribution in [0, 0.1) is 23.7 Å². The molecule has 1 heterocycles. The van der Waals surface area contributed by atoms with E-state index in [1.807, 2.05) is 18.2 Å². The van der Waals surface area contributed by atoms with Crippen LogP contribution >= 0.6 is 0 Å². The van der Waals surface area contributed by atoms with E-state index in [2.05, 4.69) is 78.3 Å². The predicted molar refractivity (Wildman–Crippen MR) is 170 cm³/mol. The topological polar surface area (TPSA) is 65.0 Å². The fraction of sp³-hybridized carbons (Fsp3) is 0.289. The summed E-state index contributed by atoms with van der Waals surface area (Å²) in [6.07, 6.45) is 4.70. The minimum Gasteiger partial charge on any atom is -0.461 e. The van der Waals surface area contributed by atoms with Gasteiger partial charge >= 0.3 is 5.97 Å². The maximum atomic E-state index is 12.7. The summed E-state index contributed by atoms with van der Waals surface area (Å²) in [5.41, 5.74) is 3.49. The van der Waals surface area contributed by atoms with Gasteiger partial charge in [-0.2, -0.15) is 0 Å². The van der Waals surface area contributed by atoms with E-state index in [0.29, 0.717) is 24.0 Å². The van der Waals surface area contributed by atoms with Crippen LogP contribution in [0.5, 0.6) is 0 Å². The Morgan fingerprint density at radius 3 is 2.49 bits per heavy atom. The second-order valence-corrected chi connectivity index (χ2v) is 10.8. The summed E-state index contributed by atoms with van der Waals surface area (Å²) in [4.78, 5) is 12.7. The zero-order chi connectivity index (χ0) is 29.4. The average Bonchev–Trinajstić information content (AvgIpc) is 3.05. The van der Waals surface area contributed by atoms with Gasteiger partial charge in [-0.05, 0) is 87.7 Å². The molecule has 43 heavy (non-hydrogen) atoms. The molecule has 0 spiro atoms. The van der Waals surface area contributed by atoms with Crippen LogP contribution in [-0.4, -0.2) is 37.2 Å². The number of benzene rings is 5. The maximum absolute atomic E-state index is 12.7. The molecular formula is C38H34O5. The maximum Gasteiger partial charge on any atom is 0.306 e. The van der Waals surface area contributed by atoms with Crippen LogP contribution in [0.2, 0.25) is 0 Å². The summed E-state index contributed by atoms with van der Waals surface area (Å²) in [5, 5.41) is 16.7. The van der Waals surface area contributed by atoms with E-state index < -0.39 is 0 Å². The van der Waals surface area contributed by atoms with Crippen molar-refractivity contribution in [3.63, 3.8) is 0 Å². The second-order valence-electron chi connectivity index (χ2n) is 10.8. The van der Waals surface area contributed by atoms with Crippen molar-refractivity contribution >= 4 is 38.3 Å². The number of aryl methyl sites for hydroxylation is 1. The summed E-state index contributed by atoms with van der Waals surface area (Å²) in [7, 11) is 0. The Hall–Kier alpha value is -4.39. The normalized spacial score (nSPS) is 14.8. The zero-order valence-corrected chi connectivity index (χ0v) is 24.2. The largest absolute Gasteiger partial charge is 0.461 e. The molecule has 0 aromatic heterocycles. The van der Waals surface area contributed by atoms with Crippen LogP contribution in [0.4, 0.5) is 0 Å². The number of aliphatic hydroxyl groups excluding tert-OH is 1. The molecule has 0 radical (unpaired) electrons. The molecule has 5 heteroatoms. The highest BCUT2D eigenvalue weighted by Gasteiger charge is 2.14. The third-order valence-corrected chi connectivity index (χ3v) is 7.93. The first kappa shape index (κ1) is 28.7. The molecule has 1 saturated heterocycles. The van der Waals surface area contributed by atoms with Crippen LogP contribution in [0.25, 0.3) is 32.3 Å². The van der Waals surface area contributed by atoms with Gasteiger partial charge in [0.1, 0.15) is 19.8 Å². The molecule has 5 aromatic carbocycles. The van der Waals surface area contributed by atoms with Crippen molar-refractivity contribution in [2.24, 2.45) is 0 Å². The monoisotopic (exact) mass is 570 g/mol. The highest BCUT2D eigenvalue weighted by atomic mass is 16.7. The van der Waals surface area contributed by atoms with Gasteiger partial charge in [-0.1, -0.05) is 84.3 Å². The lowest BCUT2D eigenvalue weighted by atomic mass is 9.90. The van der Waals surface area contributed by atoms with Crippen LogP contribution < -0.4 is 0 Å². The standard InChI is InChI=1S/C38H34O5/c39-22-5-10-28-15-14-27(25-33(28)11-6-24-42-36-13-1-2-23-41-36)26-43-35(40)12-4-7-29-16-17-32-19-18-30-8-3-9-31-20-21-34(29)38(32)37(30)31/h3,8-9,14-21,25,36,39H,1-2,4,7,12-13,22-24,26H2. The fourth-order valence-electron chi connectivity index (χ4n) is 5.81. The molecule has 216 valence electrons. The van der Waals surface area contributed by atoms with Crippen LogP contribution in [0.1, 0.15) is 54.4 Å². The van der Waals surface area contributed by atoms with Crippen molar-refractivity contribution in [1.82, 2.24) is 0 Å². The second kappa shape index (κ2) is 13.7. The molecule has 5 aromatic rings. The molecule has 1 N–H and O–H groups in total. The average molecular weight is 571 g/mol. The first-order chi connectivity index (χ1) is 21.2. The van der Waals surface area contributed by atoms with Crippen molar-refractivity contribution in [2.45, 2.75) is 51.4 Å². The van der Waals surface area contributed by atoms with Crippen molar-refractivity contribution in [1.29, 1.82) is 0 Å². The molecule has 1 aliphatic rings. The Bertz CT molecular complexity index is 1840. The summed E-state index contributed by atoms with van der Waals surface area (Å²) < 4.78 is 16.9. The van der Waals surface area contributed by atoms with Crippen LogP contribution in [0.15, 0.2) is 72.8 Å². The van der Waals surface area contributed by atoms with Crippen molar-refractivity contribution in [2.75, 3.05) is 19.8 Å². The highest BCUT2D eigenvalue weighted by Crippen LogP contribution is 2.36. The lowest BCUT2D eigenvalue weighted by molar-refractivity contribution is -0.154. The minimum absolute atomic E-state index is 0.159. The quantitative estimate of drug-likeness (QED) is 0.125.